The van der Waals surface area contributed by atoms with Crippen LogP contribution in [0.5, 0.6) is 5.75 Å². The third-order valence-corrected chi connectivity index (χ3v) is 3.74. The number of halogens is 3. The lowest BCUT2D eigenvalue weighted by atomic mass is 10.1. The van der Waals surface area contributed by atoms with Crippen molar-refractivity contribution < 1.29 is 13.9 Å². The second-order valence-corrected chi connectivity index (χ2v) is 5.34. The van der Waals surface area contributed by atoms with E-state index in [1.54, 1.807) is 25.1 Å². The Morgan fingerprint density at radius 3 is 2.40 bits per heavy atom. The highest BCUT2D eigenvalue weighted by atomic mass is 79.9. The van der Waals surface area contributed by atoms with Crippen molar-refractivity contribution in [3.8, 4) is 5.75 Å². The van der Waals surface area contributed by atoms with Gasteiger partial charge in [0.05, 0.1) is 4.47 Å². The molecule has 0 saturated carbocycles. The highest BCUT2D eigenvalue weighted by Gasteiger charge is 2.16. The van der Waals surface area contributed by atoms with Crippen molar-refractivity contribution >= 4 is 15.9 Å². The van der Waals surface area contributed by atoms with Crippen LogP contribution in [0.15, 0.2) is 40.9 Å². The predicted octanol–water partition coefficient (Wildman–Crippen LogP) is 4.28. The van der Waals surface area contributed by atoms with Crippen molar-refractivity contribution in [1.82, 2.24) is 5.32 Å². The molecule has 0 fully saturated rings. The fourth-order valence-electron chi connectivity index (χ4n) is 1.99. The summed E-state index contributed by atoms with van der Waals surface area (Å²) >= 11 is 3.22. The normalized spacial score (nSPS) is 12.4. The van der Waals surface area contributed by atoms with Crippen molar-refractivity contribution in [3.63, 3.8) is 0 Å². The number of rotatable bonds is 4. The van der Waals surface area contributed by atoms with Gasteiger partial charge in [-0.1, -0.05) is 18.2 Å². The van der Waals surface area contributed by atoms with Gasteiger partial charge >= 0.3 is 0 Å². The molecule has 5 heteroatoms. The Kier molecular flexibility index (Phi) is 4.73. The Labute approximate surface area is 124 Å². The third-order valence-electron chi connectivity index (χ3n) is 3.10. The molecule has 2 aromatic rings. The first-order chi connectivity index (χ1) is 9.50. The van der Waals surface area contributed by atoms with E-state index in [1.165, 1.54) is 18.2 Å². The minimum Gasteiger partial charge on any atom is -0.506 e. The molecule has 106 valence electrons. The number of phenols is 1. The summed E-state index contributed by atoms with van der Waals surface area (Å²) in [7, 11) is 0. The van der Waals surface area contributed by atoms with Gasteiger partial charge < -0.3 is 10.4 Å². The van der Waals surface area contributed by atoms with E-state index in [9.17, 15) is 13.9 Å². The summed E-state index contributed by atoms with van der Waals surface area (Å²) in [6, 6.07) is 8.54. The quantitative estimate of drug-likeness (QED) is 0.869. The zero-order chi connectivity index (χ0) is 14.7. The minimum atomic E-state index is -0.580. The molecule has 0 aromatic heterocycles. The van der Waals surface area contributed by atoms with Gasteiger partial charge in [-0.2, -0.15) is 0 Å². The first kappa shape index (κ1) is 14.9. The minimum absolute atomic E-state index is 0.00184. The number of nitrogens with one attached hydrogen (secondary N) is 1. The summed E-state index contributed by atoms with van der Waals surface area (Å²) in [6.07, 6.45) is 0. The first-order valence-corrected chi connectivity index (χ1v) is 6.93. The van der Waals surface area contributed by atoms with Crippen LogP contribution in [-0.4, -0.2) is 5.11 Å². The maximum absolute atomic E-state index is 13.6. The largest absolute Gasteiger partial charge is 0.506 e. The SMILES string of the molecule is CC(NCc1cccc(Br)c1O)c1c(F)cccc1F. The molecule has 1 atom stereocenters. The maximum Gasteiger partial charge on any atom is 0.134 e. The van der Waals surface area contributed by atoms with Crippen LogP contribution in [-0.2, 0) is 6.54 Å². The maximum atomic E-state index is 13.6. The van der Waals surface area contributed by atoms with Gasteiger partial charge in [0.1, 0.15) is 17.4 Å². The van der Waals surface area contributed by atoms with Crippen LogP contribution in [0.1, 0.15) is 24.1 Å². The van der Waals surface area contributed by atoms with Crippen LogP contribution in [0, 0.1) is 11.6 Å². The number of benzene rings is 2. The molecule has 0 amide bonds. The molecule has 2 nitrogen and oxygen atoms in total. The monoisotopic (exact) mass is 341 g/mol. The van der Waals surface area contributed by atoms with Gasteiger partial charge in [0.25, 0.3) is 0 Å². The van der Waals surface area contributed by atoms with Crippen LogP contribution >= 0.6 is 15.9 Å². The lowest BCUT2D eigenvalue weighted by Gasteiger charge is -2.16. The molecule has 0 aliphatic heterocycles. The highest BCUT2D eigenvalue weighted by Crippen LogP contribution is 2.28. The van der Waals surface area contributed by atoms with Gasteiger partial charge in [-0.3, -0.25) is 0 Å². The average molecular weight is 342 g/mol. The van der Waals surface area contributed by atoms with Gasteiger partial charge in [0, 0.05) is 23.7 Å². The fraction of sp³-hybridized carbons (Fsp3) is 0.200. The van der Waals surface area contributed by atoms with Gasteiger partial charge in [0.15, 0.2) is 0 Å². The highest BCUT2D eigenvalue weighted by molar-refractivity contribution is 9.10. The van der Waals surface area contributed by atoms with E-state index in [1.807, 2.05) is 0 Å². The fourth-order valence-corrected chi connectivity index (χ4v) is 2.40. The van der Waals surface area contributed by atoms with E-state index in [-0.39, 0.29) is 11.3 Å². The average Bonchev–Trinajstić information content (AvgIpc) is 2.40. The van der Waals surface area contributed by atoms with E-state index in [4.69, 9.17) is 0 Å². The third kappa shape index (κ3) is 3.16. The standard InChI is InChI=1S/C15H14BrF2NO/c1-9(14-12(17)6-3-7-13(14)18)19-8-10-4-2-5-11(16)15(10)20/h2-7,9,19-20H,8H2,1H3. The molecule has 0 saturated heterocycles. The predicted molar refractivity (Wildman–Crippen MR) is 77.4 cm³/mol. The van der Waals surface area contributed by atoms with Crippen molar-refractivity contribution in [3.05, 3.63) is 63.6 Å². The van der Waals surface area contributed by atoms with E-state index < -0.39 is 17.7 Å². The summed E-state index contributed by atoms with van der Waals surface area (Å²) in [5.41, 5.74) is 0.657. The number of para-hydroxylation sites is 1. The van der Waals surface area contributed by atoms with Gasteiger partial charge in [-0.05, 0) is 41.1 Å². The van der Waals surface area contributed by atoms with Crippen LogP contribution < -0.4 is 5.32 Å². The lowest BCUT2D eigenvalue weighted by molar-refractivity contribution is 0.451. The van der Waals surface area contributed by atoms with Crippen LogP contribution in [0.3, 0.4) is 0 Å². The van der Waals surface area contributed by atoms with Crippen molar-refractivity contribution in [1.29, 1.82) is 0 Å². The summed E-state index contributed by atoms with van der Waals surface area (Å²) in [5.74, 6) is -1.03. The van der Waals surface area contributed by atoms with Crippen molar-refractivity contribution in [2.24, 2.45) is 0 Å². The smallest absolute Gasteiger partial charge is 0.134 e. The Morgan fingerprint density at radius 1 is 1.15 bits per heavy atom. The summed E-state index contributed by atoms with van der Waals surface area (Å²) in [6.45, 7) is 1.98. The van der Waals surface area contributed by atoms with Crippen molar-refractivity contribution in [2.45, 2.75) is 19.5 Å². The van der Waals surface area contributed by atoms with E-state index in [2.05, 4.69) is 21.2 Å². The number of hydrogen-bond donors (Lipinski definition) is 2. The summed E-state index contributed by atoms with van der Waals surface area (Å²) < 4.78 is 27.9. The molecule has 0 spiro atoms. The number of phenolic OH excluding ortho intramolecular Hbond substituents is 1. The molecule has 2 aromatic carbocycles. The number of aromatic hydroxyl groups is 1. The number of hydrogen-bond acceptors (Lipinski definition) is 2. The van der Waals surface area contributed by atoms with Crippen LogP contribution in [0.4, 0.5) is 8.78 Å². The van der Waals surface area contributed by atoms with Gasteiger partial charge in [0.2, 0.25) is 0 Å². The summed E-state index contributed by atoms with van der Waals surface area (Å²) in [4.78, 5) is 0. The molecule has 0 bridgehead atoms. The molecule has 0 heterocycles. The van der Waals surface area contributed by atoms with Gasteiger partial charge in [-0.25, -0.2) is 8.78 Å². The molecule has 2 N–H and O–H groups in total. The van der Waals surface area contributed by atoms with Gasteiger partial charge in [-0.15, -0.1) is 0 Å². The molecule has 2 rings (SSSR count). The molecular formula is C15H14BrF2NO. The van der Waals surface area contributed by atoms with Crippen LogP contribution in [0.2, 0.25) is 0 Å². The summed E-state index contributed by atoms with van der Waals surface area (Å²) in [5, 5.41) is 12.9. The lowest BCUT2D eigenvalue weighted by Crippen LogP contribution is -2.20. The molecule has 1 unspecified atom stereocenters. The Morgan fingerprint density at radius 2 is 1.75 bits per heavy atom. The van der Waals surface area contributed by atoms with Crippen LogP contribution in [0.25, 0.3) is 0 Å². The topological polar surface area (TPSA) is 32.3 Å². The zero-order valence-corrected chi connectivity index (χ0v) is 12.4. The first-order valence-electron chi connectivity index (χ1n) is 6.14. The second-order valence-electron chi connectivity index (χ2n) is 4.49. The second kappa shape index (κ2) is 6.33. The molecular weight excluding hydrogens is 328 g/mol. The zero-order valence-electron chi connectivity index (χ0n) is 10.8. The molecule has 0 aliphatic carbocycles. The van der Waals surface area contributed by atoms with E-state index in [0.29, 0.717) is 16.6 Å². The molecule has 0 radical (unpaired) electrons. The Bertz CT molecular complexity index is 599. The molecule has 0 aliphatic rings. The van der Waals surface area contributed by atoms with Crippen molar-refractivity contribution in [2.75, 3.05) is 0 Å². The Balaban J connectivity index is 2.13. The Hall–Kier alpha value is -1.46. The van der Waals surface area contributed by atoms with E-state index >= 15 is 0 Å². The molecule has 20 heavy (non-hydrogen) atoms. The van der Waals surface area contributed by atoms with E-state index in [0.717, 1.165) is 0 Å².